The van der Waals surface area contributed by atoms with Gasteiger partial charge in [0, 0.05) is 31.7 Å². The third-order valence-corrected chi connectivity index (χ3v) is 4.67. The fourth-order valence-electron chi connectivity index (χ4n) is 3.17. The van der Waals surface area contributed by atoms with Crippen LogP contribution in [0.4, 0.5) is 4.39 Å². The van der Waals surface area contributed by atoms with Gasteiger partial charge in [0.1, 0.15) is 5.82 Å². The lowest BCUT2D eigenvalue weighted by atomic mass is 9.97. The number of esters is 1. The summed E-state index contributed by atoms with van der Waals surface area (Å²) in [5.74, 6) is -1.87. The summed E-state index contributed by atoms with van der Waals surface area (Å²) < 4.78 is 18.3. The number of rotatable bonds is 7. The molecule has 0 saturated carbocycles. The van der Waals surface area contributed by atoms with Crippen molar-refractivity contribution in [3.05, 3.63) is 47.8 Å². The quantitative estimate of drug-likeness (QED) is 0.530. The van der Waals surface area contributed by atoms with Gasteiger partial charge in [0.25, 0.3) is 11.8 Å². The van der Waals surface area contributed by atoms with E-state index in [2.05, 4.69) is 6.58 Å². The maximum absolute atomic E-state index is 13.0. The Labute approximate surface area is 164 Å². The van der Waals surface area contributed by atoms with Gasteiger partial charge >= 0.3 is 5.97 Å². The van der Waals surface area contributed by atoms with Gasteiger partial charge in [0.05, 0.1) is 5.92 Å². The summed E-state index contributed by atoms with van der Waals surface area (Å²) in [4.78, 5) is 40.3. The van der Waals surface area contributed by atoms with Crippen molar-refractivity contribution in [3.63, 3.8) is 0 Å². The fourth-order valence-corrected chi connectivity index (χ4v) is 3.17. The molecule has 1 fully saturated rings. The highest BCUT2D eigenvalue weighted by molar-refractivity contribution is 5.94. The second-order valence-corrected chi connectivity index (χ2v) is 7.07. The smallest absolute Gasteiger partial charge is 0.311 e. The predicted octanol–water partition coefficient (Wildman–Crippen LogP) is 2.65. The van der Waals surface area contributed by atoms with Gasteiger partial charge in [-0.3, -0.25) is 14.4 Å². The molecule has 0 bridgehead atoms. The van der Waals surface area contributed by atoms with Crippen molar-refractivity contribution in [2.75, 3.05) is 32.8 Å². The average Bonchev–Trinajstić information content (AvgIpc) is 2.69. The summed E-state index contributed by atoms with van der Waals surface area (Å²) in [5.41, 5.74) is 1.23. The molecule has 0 spiro atoms. The number of nitrogens with zero attached hydrogens (tertiary/aromatic N) is 2. The Morgan fingerprint density at radius 2 is 1.96 bits per heavy atom. The van der Waals surface area contributed by atoms with E-state index in [1.807, 2.05) is 13.8 Å². The Balaban J connectivity index is 1.89. The number of benzene rings is 1. The van der Waals surface area contributed by atoms with Crippen molar-refractivity contribution in [3.8, 4) is 0 Å². The summed E-state index contributed by atoms with van der Waals surface area (Å²) in [6, 6.07) is 5.33. The van der Waals surface area contributed by atoms with Crippen molar-refractivity contribution in [2.45, 2.75) is 26.7 Å². The third-order valence-electron chi connectivity index (χ3n) is 4.67. The first-order valence-corrected chi connectivity index (χ1v) is 9.45. The number of ether oxygens (including phenoxy) is 1. The maximum atomic E-state index is 13.0. The number of hydrogen-bond acceptors (Lipinski definition) is 4. The van der Waals surface area contributed by atoms with Crippen LogP contribution in [0, 0.1) is 11.7 Å². The molecular formula is C21H27FN2O4. The predicted molar refractivity (Wildman–Crippen MR) is 103 cm³/mol. The van der Waals surface area contributed by atoms with Gasteiger partial charge in [-0.2, -0.15) is 0 Å². The molecule has 1 heterocycles. The molecule has 7 heteroatoms. The Hall–Kier alpha value is -2.70. The van der Waals surface area contributed by atoms with E-state index in [0.717, 1.165) is 5.57 Å². The Morgan fingerprint density at radius 3 is 2.57 bits per heavy atom. The third kappa shape index (κ3) is 5.90. The summed E-state index contributed by atoms with van der Waals surface area (Å²) >= 11 is 0. The highest BCUT2D eigenvalue weighted by atomic mass is 19.1. The first-order chi connectivity index (χ1) is 13.3. The van der Waals surface area contributed by atoms with Gasteiger partial charge in [0.2, 0.25) is 0 Å². The zero-order chi connectivity index (χ0) is 20.7. The average molecular weight is 390 g/mol. The maximum Gasteiger partial charge on any atom is 0.311 e. The van der Waals surface area contributed by atoms with Gasteiger partial charge in [-0.25, -0.2) is 4.39 Å². The van der Waals surface area contributed by atoms with Crippen LogP contribution in [0.25, 0.3) is 0 Å². The molecule has 1 aromatic rings. The first kappa shape index (κ1) is 21.6. The van der Waals surface area contributed by atoms with E-state index in [9.17, 15) is 18.8 Å². The Morgan fingerprint density at radius 1 is 1.29 bits per heavy atom. The topological polar surface area (TPSA) is 66.9 Å². The summed E-state index contributed by atoms with van der Waals surface area (Å²) in [5, 5.41) is 0. The largest absolute Gasteiger partial charge is 0.455 e. The SMILES string of the molecule is C=C(C)CN(CC)C(=O)COC(=O)C1CCCN(C(=O)c2ccc(F)cc2)C1. The molecule has 1 aliphatic heterocycles. The molecule has 0 radical (unpaired) electrons. The van der Waals surface area contributed by atoms with Gasteiger partial charge < -0.3 is 14.5 Å². The highest BCUT2D eigenvalue weighted by Gasteiger charge is 2.30. The van der Waals surface area contributed by atoms with E-state index < -0.39 is 17.7 Å². The van der Waals surface area contributed by atoms with Crippen molar-refractivity contribution in [1.82, 2.24) is 9.80 Å². The van der Waals surface area contributed by atoms with Crippen LogP contribution in [0.2, 0.25) is 0 Å². The minimum Gasteiger partial charge on any atom is -0.455 e. The van der Waals surface area contributed by atoms with E-state index >= 15 is 0 Å². The van der Waals surface area contributed by atoms with E-state index in [1.165, 1.54) is 24.3 Å². The molecular weight excluding hydrogens is 363 g/mol. The van der Waals surface area contributed by atoms with Crippen molar-refractivity contribution < 1.29 is 23.5 Å². The molecule has 0 aliphatic carbocycles. The monoisotopic (exact) mass is 390 g/mol. The molecule has 6 nitrogen and oxygen atoms in total. The van der Waals surface area contributed by atoms with Crippen LogP contribution in [0.1, 0.15) is 37.0 Å². The Bertz CT molecular complexity index is 732. The minimum absolute atomic E-state index is 0.229. The lowest BCUT2D eigenvalue weighted by Crippen LogP contribution is -2.43. The first-order valence-electron chi connectivity index (χ1n) is 9.45. The number of carbonyl (C=O) groups is 3. The van der Waals surface area contributed by atoms with Crippen LogP contribution >= 0.6 is 0 Å². The molecule has 1 atom stereocenters. The van der Waals surface area contributed by atoms with Gasteiger partial charge in [-0.15, -0.1) is 0 Å². The molecule has 0 aromatic heterocycles. The molecule has 1 saturated heterocycles. The number of amides is 2. The number of hydrogen-bond donors (Lipinski definition) is 0. The van der Waals surface area contributed by atoms with Crippen LogP contribution in [0.15, 0.2) is 36.4 Å². The number of likely N-dealkylation sites (tertiary alicyclic amines) is 1. The summed E-state index contributed by atoms with van der Waals surface area (Å²) in [6.07, 6.45) is 1.26. The molecule has 2 amide bonds. The van der Waals surface area contributed by atoms with E-state index in [0.29, 0.717) is 38.0 Å². The summed E-state index contributed by atoms with van der Waals surface area (Å²) in [7, 11) is 0. The second kappa shape index (κ2) is 10.0. The molecule has 1 aromatic carbocycles. The van der Waals surface area contributed by atoms with Crippen LogP contribution in [-0.4, -0.2) is 60.4 Å². The molecule has 1 aliphatic rings. The number of likely N-dealkylation sites (N-methyl/N-ethyl adjacent to an activating group) is 1. The minimum atomic E-state index is -0.476. The number of halogens is 1. The second-order valence-electron chi connectivity index (χ2n) is 7.07. The normalized spacial score (nSPS) is 16.4. The molecule has 0 N–H and O–H groups in total. The van der Waals surface area contributed by atoms with Gasteiger partial charge in [-0.05, 0) is 51.0 Å². The van der Waals surface area contributed by atoms with E-state index in [-0.39, 0.29) is 25.0 Å². The van der Waals surface area contributed by atoms with Crippen LogP contribution in [0.5, 0.6) is 0 Å². The summed E-state index contributed by atoms with van der Waals surface area (Å²) in [6.45, 7) is 8.84. The van der Waals surface area contributed by atoms with Crippen molar-refractivity contribution in [2.24, 2.45) is 5.92 Å². The van der Waals surface area contributed by atoms with Crippen molar-refractivity contribution in [1.29, 1.82) is 0 Å². The molecule has 1 unspecified atom stereocenters. The van der Waals surface area contributed by atoms with Crippen LogP contribution in [-0.2, 0) is 14.3 Å². The van der Waals surface area contributed by atoms with E-state index in [1.54, 1.807) is 9.80 Å². The van der Waals surface area contributed by atoms with Crippen molar-refractivity contribution >= 4 is 17.8 Å². The zero-order valence-electron chi connectivity index (χ0n) is 16.4. The molecule has 152 valence electrons. The number of piperidine rings is 1. The van der Waals surface area contributed by atoms with Gasteiger partial charge in [0.15, 0.2) is 6.61 Å². The van der Waals surface area contributed by atoms with Crippen LogP contribution < -0.4 is 0 Å². The standard InChI is InChI=1S/C21H27FN2O4/c1-4-23(12-15(2)3)19(25)14-28-21(27)17-6-5-11-24(13-17)20(26)16-7-9-18(22)10-8-16/h7-10,17H,2,4-6,11-14H2,1,3H3. The van der Waals surface area contributed by atoms with Gasteiger partial charge in [-0.1, -0.05) is 12.2 Å². The molecule has 2 rings (SSSR count). The lowest BCUT2D eigenvalue weighted by Gasteiger charge is -2.31. The fraction of sp³-hybridized carbons (Fsp3) is 0.476. The number of carbonyl (C=O) groups excluding carboxylic acids is 3. The lowest BCUT2D eigenvalue weighted by molar-refractivity contribution is -0.156. The van der Waals surface area contributed by atoms with Crippen LogP contribution in [0.3, 0.4) is 0 Å². The van der Waals surface area contributed by atoms with E-state index in [4.69, 9.17) is 4.74 Å². The Kier molecular flexibility index (Phi) is 7.72. The zero-order valence-corrected chi connectivity index (χ0v) is 16.4. The highest BCUT2D eigenvalue weighted by Crippen LogP contribution is 2.20. The molecule has 28 heavy (non-hydrogen) atoms.